The summed E-state index contributed by atoms with van der Waals surface area (Å²) in [4.78, 5) is 23.2. The maximum absolute atomic E-state index is 11.8. The van der Waals surface area contributed by atoms with Gasteiger partial charge in [0, 0.05) is 11.5 Å². The lowest BCUT2D eigenvalue weighted by Gasteiger charge is -2.17. The van der Waals surface area contributed by atoms with Crippen molar-refractivity contribution in [1.82, 2.24) is 0 Å². The molecule has 0 aromatic heterocycles. The Kier molecular flexibility index (Phi) is 4.80. The highest BCUT2D eigenvalue weighted by Crippen LogP contribution is 2.20. The first-order valence-corrected chi connectivity index (χ1v) is 4.72. The molecule has 0 saturated heterocycles. The zero-order chi connectivity index (χ0) is 12.1. The van der Waals surface area contributed by atoms with Crippen molar-refractivity contribution in [2.75, 3.05) is 6.61 Å². The summed E-state index contributed by atoms with van der Waals surface area (Å²) >= 11 is 0. The van der Waals surface area contributed by atoms with Crippen molar-refractivity contribution in [3.63, 3.8) is 0 Å². The van der Waals surface area contributed by atoms with Crippen molar-refractivity contribution in [3.8, 4) is 12.3 Å². The van der Waals surface area contributed by atoms with Gasteiger partial charge in [-0.25, -0.2) is 4.79 Å². The third-order valence-corrected chi connectivity index (χ3v) is 1.65. The number of carbonyl (C=O) groups excluding carboxylic acids is 2. The number of allylic oxidation sites excluding steroid dienone is 1. The zero-order valence-electron chi connectivity index (χ0n) is 9.59. The van der Waals surface area contributed by atoms with Crippen LogP contribution in [0, 0.1) is 17.8 Å². The Morgan fingerprint density at radius 1 is 1.40 bits per heavy atom. The molecule has 15 heavy (non-hydrogen) atoms. The van der Waals surface area contributed by atoms with Gasteiger partial charge in [0.05, 0.1) is 6.61 Å². The van der Waals surface area contributed by atoms with Gasteiger partial charge in [-0.1, -0.05) is 26.7 Å². The Labute approximate surface area is 90.5 Å². The van der Waals surface area contributed by atoms with E-state index < -0.39 is 11.4 Å². The smallest absolute Gasteiger partial charge is 0.342 e. The van der Waals surface area contributed by atoms with Gasteiger partial charge in [0.15, 0.2) is 5.78 Å². The monoisotopic (exact) mass is 208 g/mol. The van der Waals surface area contributed by atoms with Crippen LogP contribution in [0.4, 0.5) is 0 Å². The Hall–Kier alpha value is -1.56. The van der Waals surface area contributed by atoms with E-state index in [1.165, 1.54) is 0 Å². The van der Waals surface area contributed by atoms with Crippen LogP contribution in [0.3, 0.4) is 0 Å². The predicted octanol–water partition coefficient (Wildman–Crippen LogP) is 1.72. The summed E-state index contributed by atoms with van der Waals surface area (Å²) < 4.78 is 4.75. The minimum absolute atomic E-state index is 0.0631. The van der Waals surface area contributed by atoms with E-state index >= 15 is 0 Å². The van der Waals surface area contributed by atoms with Crippen LogP contribution >= 0.6 is 0 Å². The Bertz CT molecular complexity index is 324. The SMILES string of the molecule is C#C/C=C(/C(=O)OCC)C(=O)C(C)(C)C. The lowest BCUT2D eigenvalue weighted by atomic mass is 9.86. The van der Waals surface area contributed by atoms with Crippen LogP contribution in [0.2, 0.25) is 0 Å². The third-order valence-electron chi connectivity index (χ3n) is 1.65. The van der Waals surface area contributed by atoms with E-state index in [4.69, 9.17) is 11.2 Å². The molecule has 0 atom stereocenters. The molecule has 0 spiro atoms. The number of terminal acetylenes is 1. The van der Waals surface area contributed by atoms with Crippen molar-refractivity contribution >= 4 is 11.8 Å². The summed E-state index contributed by atoms with van der Waals surface area (Å²) in [6.07, 6.45) is 6.22. The van der Waals surface area contributed by atoms with Crippen LogP contribution in [-0.4, -0.2) is 18.4 Å². The number of rotatable bonds is 3. The normalized spacial score (nSPS) is 11.8. The molecule has 0 radical (unpaired) electrons. The second-order valence-electron chi connectivity index (χ2n) is 4.02. The molecule has 0 amide bonds. The molecular formula is C12H16O3. The van der Waals surface area contributed by atoms with E-state index in [2.05, 4.69) is 5.92 Å². The number of esters is 1. The third kappa shape index (κ3) is 3.99. The molecule has 0 heterocycles. The molecule has 0 aliphatic heterocycles. The largest absolute Gasteiger partial charge is 0.462 e. The summed E-state index contributed by atoms with van der Waals surface area (Å²) in [5, 5.41) is 0. The van der Waals surface area contributed by atoms with Crippen LogP contribution in [-0.2, 0) is 14.3 Å². The lowest BCUT2D eigenvalue weighted by Crippen LogP contribution is -2.27. The van der Waals surface area contributed by atoms with Crippen molar-refractivity contribution in [3.05, 3.63) is 11.6 Å². The van der Waals surface area contributed by atoms with Gasteiger partial charge in [0.25, 0.3) is 0 Å². The molecule has 0 unspecified atom stereocenters. The maximum atomic E-state index is 11.8. The number of hydrogen-bond acceptors (Lipinski definition) is 3. The standard InChI is InChI=1S/C12H16O3/c1-6-8-9(11(14)15-7-2)10(13)12(3,4)5/h1,8H,7H2,2-5H3/b9-8+. The van der Waals surface area contributed by atoms with E-state index in [0.29, 0.717) is 0 Å². The fourth-order valence-corrected chi connectivity index (χ4v) is 0.913. The number of carbonyl (C=O) groups is 2. The number of hydrogen-bond donors (Lipinski definition) is 0. The molecule has 0 saturated carbocycles. The van der Waals surface area contributed by atoms with Gasteiger partial charge >= 0.3 is 5.97 Å². The Morgan fingerprint density at radius 3 is 2.27 bits per heavy atom. The Morgan fingerprint density at radius 2 is 1.93 bits per heavy atom. The second-order valence-corrected chi connectivity index (χ2v) is 4.02. The van der Waals surface area contributed by atoms with E-state index in [1.807, 2.05) is 0 Å². The van der Waals surface area contributed by atoms with Gasteiger partial charge in [-0.3, -0.25) is 4.79 Å². The average molecular weight is 208 g/mol. The van der Waals surface area contributed by atoms with Gasteiger partial charge in [-0.2, -0.15) is 0 Å². The fourth-order valence-electron chi connectivity index (χ4n) is 0.913. The summed E-state index contributed by atoms with van der Waals surface area (Å²) in [7, 11) is 0. The number of Topliss-reactive ketones (excluding diaryl/α,β-unsaturated/α-hetero) is 1. The first-order valence-electron chi connectivity index (χ1n) is 4.72. The number of ether oxygens (including phenoxy) is 1. The molecule has 0 aliphatic rings. The van der Waals surface area contributed by atoms with Crippen molar-refractivity contribution < 1.29 is 14.3 Å². The zero-order valence-corrected chi connectivity index (χ0v) is 9.59. The predicted molar refractivity (Wildman–Crippen MR) is 58.0 cm³/mol. The quantitative estimate of drug-likeness (QED) is 0.233. The number of ketones is 1. The molecule has 0 bridgehead atoms. The van der Waals surface area contributed by atoms with Gasteiger partial charge in [-0.15, -0.1) is 6.42 Å². The summed E-state index contributed by atoms with van der Waals surface area (Å²) in [5.41, 5.74) is -0.707. The van der Waals surface area contributed by atoms with Gasteiger partial charge < -0.3 is 4.74 Å². The molecule has 0 fully saturated rings. The molecular weight excluding hydrogens is 192 g/mol. The topological polar surface area (TPSA) is 43.4 Å². The molecule has 3 heteroatoms. The van der Waals surface area contributed by atoms with Crippen molar-refractivity contribution in [2.24, 2.45) is 5.41 Å². The summed E-state index contributed by atoms with van der Waals surface area (Å²) in [6.45, 7) is 7.06. The molecule has 0 N–H and O–H groups in total. The van der Waals surface area contributed by atoms with E-state index in [0.717, 1.165) is 6.08 Å². The van der Waals surface area contributed by atoms with E-state index in [1.54, 1.807) is 27.7 Å². The van der Waals surface area contributed by atoms with Crippen molar-refractivity contribution in [2.45, 2.75) is 27.7 Å². The molecule has 3 nitrogen and oxygen atoms in total. The van der Waals surface area contributed by atoms with E-state index in [9.17, 15) is 9.59 Å². The highest BCUT2D eigenvalue weighted by molar-refractivity contribution is 6.19. The van der Waals surface area contributed by atoms with Crippen LogP contribution in [0.1, 0.15) is 27.7 Å². The van der Waals surface area contributed by atoms with Crippen LogP contribution in [0.25, 0.3) is 0 Å². The summed E-state index contributed by atoms with van der Waals surface area (Å²) in [5.74, 6) is 1.21. The maximum Gasteiger partial charge on any atom is 0.342 e. The molecule has 0 aromatic carbocycles. The van der Waals surface area contributed by atoms with Crippen molar-refractivity contribution in [1.29, 1.82) is 0 Å². The molecule has 0 aromatic rings. The molecule has 0 rings (SSSR count). The van der Waals surface area contributed by atoms with Gasteiger partial charge in [0.2, 0.25) is 0 Å². The second kappa shape index (κ2) is 5.35. The highest BCUT2D eigenvalue weighted by atomic mass is 16.5. The van der Waals surface area contributed by atoms with Gasteiger partial charge in [-0.05, 0) is 6.92 Å². The Balaban J connectivity index is 5.03. The first-order chi connectivity index (χ1) is 6.84. The highest BCUT2D eigenvalue weighted by Gasteiger charge is 2.29. The van der Waals surface area contributed by atoms with Crippen LogP contribution in [0.5, 0.6) is 0 Å². The first kappa shape index (κ1) is 13.4. The van der Waals surface area contributed by atoms with Crippen LogP contribution < -0.4 is 0 Å². The van der Waals surface area contributed by atoms with Crippen LogP contribution in [0.15, 0.2) is 11.6 Å². The minimum atomic E-state index is -0.657. The van der Waals surface area contributed by atoms with Gasteiger partial charge in [0.1, 0.15) is 5.57 Å². The molecule has 0 aliphatic carbocycles. The lowest BCUT2D eigenvalue weighted by molar-refractivity contribution is -0.141. The summed E-state index contributed by atoms with van der Waals surface area (Å²) in [6, 6.07) is 0. The minimum Gasteiger partial charge on any atom is -0.462 e. The average Bonchev–Trinajstić information content (AvgIpc) is 2.12. The fraction of sp³-hybridized carbons (Fsp3) is 0.500. The van der Waals surface area contributed by atoms with E-state index in [-0.39, 0.29) is 18.0 Å². The molecule has 82 valence electrons.